The van der Waals surface area contributed by atoms with Crippen LogP contribution in [0.15, 0.2) is 18.2 Å². The lowest BCUT2D eigenvalue weighted by atomic mass is 10.0. The van der Waals surface area contributed by atoms with Gasteiger partial charge < -0.3 is 11.5 Å². The molecule has 0 aromatic heterocycles. The molecule has 0 saturated heterocycles. The van der Waals surface area contributed by atoms with Gasteiger partial charge >= 0.3 is 0 Å². The van der Waals surface area contributed by atoms with Crippen molar-refractivity contribution in [1.29, 1.82) is 0 Å². The summed E-state index contributed by atoms with van der Waals surface area (Å²) in [6.07, 6.45) is 2.21. The van der Waals surface area contributed by atoms with Crippen LogP contribution in [0, 0.1) is 11.7 Å². The van der Waals surface area contributed by atoms with Crippen molar-refractivity contribution in [1.82, 2.24) is 0 Å². The largest absolute Gasteiger partial charge is 0.396 e. The third-order valence-electron chi connectivity index (χ3n) is 2.55. The van der Waals surface area contributed by atoms with E-state index in [9.17, 15) is 4.39 Å². The van der Waals surface area contributed by atoms with Gasteiger partial charge in [0.05, 0.1) is 5.69 Å². The van der Waals surface area contributed by atoms with Gasteiger partial charge in [-0.15, -0.1) is 0 Å². The zero-order valence-corrected chi connectivity index (χ0v) is 7.33. The zero-order chi connectivity index (χ0) is 9.42. The second kappa shape index (κ2) is 3.00. The minimum Gasteiger partial charge on any atom is -0.396 e. The van der Waals surface area contributed by atoms with Gasteiger partial charge in [0.15, 0.2) is 5.82 Å². The molecule has 4 N–H and O–H groups in total. The fourth-order valence-electron chi connectivity index (χ4n) is 1.54. The molecule has 70 valence electrons. The lowest BCUT2D eigenvalue weighted by Crippen LogP contribution is -2.14. The maximum atomic E-state index is 13.4. The molecule has 0 heterocycles. The average molecular weight is 180 g/mol. The van der Waals surface area contributed by atoms with Gasteiger partial charge in [0, 0.05) is 11.6 Å². The van der Waals surface area contributed by atoms with Gasteiger partial charge in [0.1, 0.15) is 0 Å². The van der Waals surface area contributed by atoms with E-state index in [0.29, 0.717) is 11.5 Å². The van der Waals surface area contributed by atoms with Crippen LogP contribution in [0.3, 0.4) is 0 Å². The Morgan fingerprint density at radius 1 is 1.38 bits per heavy atom. The average Bonchev–Trinajstić information content (AvgIpc) is 2.91. The molecule has 2 nitrogen and oxygen atoms in total. The van der Waals surface area contributed by atoms with Crippen LogP contribution in [-0.2, 0) is 0 Å². The Morgan fingerprint density at radius 2 is 2.08 bits per heavy atom. The molecule has 0 amide bonds. The van der Waals surface area contributed by atoms with E-state index in [1.807, 2.05) is 0 Å². The van der Waals surface area contributed by atoms with Crippen LogP contribution >= 0.6 is 0 Å². The topological polar surface area (TPSA) is 52.0 Å². The molecule has 1 aliphatic rings. The van der Waals surface area contributed by atoms with Crippen LogP contribution < -0.4 is 11.5 Å². The molecule has 1 atom stereocenters. The highest BCUT2D eigenvalue weighted by Gasteiger charge is 2.31. The number of halogens is 1. The summed E-state index contributed by atoms with van der Waals surface area (Å²) in [7, 11) is 0. The van der Waals surface area contributed by atoms with E-state index in [1.54, 1.807) is 18.2 Å². The van der Waals surface area contributed by atoms with Gasteiger partial charge in [-0.1, -0.05) is 12.1 Å². The van der Waals surface area contributed by atoms with Crippen LogP contribution in [0.5, 0.6) is 0 Å². The van der Waals surface area contributed by atoms with Crippen molar-refractivity contribution in [2.24, 2.45) is 11.7 Å². The quantitative estimate of drug-likeness (QED) is 0.682. The molecule has 3 heteroatoms. The highest BCUT2D eigenvalue weighted by Crippen LogP contribution is 2.40. The summed E-state index contributed by atoms with van der Waals surface area (Å²) in [6.45, 7) is 0. The number of nitrogen functional groups attached to an aromatic ring is 1. The number of hydrogen-bond acceptors (Lipinski definition) is 2. The Morgan fingerprint density at radius 3 is 2.69 bits per heavy atom. The fourth-order valence-corrected chi connectivity index (χ4v) is 1.54. The lowest BCUT2D eigenvalue weighted by molar-refractivity contribution is 0.557. The predicted molar refractivity (Wildman–Crippen MR) is 50.5 cm³/mol. The second-order valence-electron chi connectivity index (χ2n) is 3.61. The molecule has 1 aromatic rings. The molecule has 1 fully saturated rings. The fraction of sp³-hybridized carbons (Fsp3) is 0.400. The van der Waals surface area contributed by atoms with E-state index in [4.69, 9.17) is 11.5 Å². The van der Waals surface area contributed by atoms with Crippen molar-refractivity contribution in [3.05, 3.63) is 29.6 Å². The highest BCUT2D eigenvalue weighted by molar-refractivity contribution is 5.44. The van der Waals surface area contributed by atoms with Crippen molar-refractivity contribution >= 4 is 5.69 Å². The van der Waals surface area contributed by atoms with E-state index in [2.05, 4.69) is 0 Å². The van der Waals surface area contributed by atoms with Crippen LogP contribution in [-0.4, -0.2) is 0 Å². The normalized spacial score (nSPS) is 18.6. The van der Waals surface area contributed by atoms with Crippen molar-refractivity contribution < 1.29 is 4.39 Å². The summed E-state index contributed by atoms with van der Waals surface area (Å²) in [5.74, 6) is 0.109. The predicted octanol–water partition coefficient (Wildman–Crippen LogP) is 1.82. The molecule has 1 aromatic carbocycles. The Kier molecular flexibility index (Phi) is 1.96. The van der Waals surface area contributed by atoms with E-state index in [-0.39, 0.29) is 17.5 Å². The van der Waals surface area contributed by atoms with Crippen LogP contribution in [0.4, 0.5) is 10.1 Å². The van der Waals surface area contributed by atoms with Crippen LogP contribution in [0.1, 0.15) is 24.4 Å². The van der Waals surface area contributed by atoms with E-state index >= 15 is 0 Å². The first kappa shape index (κ1) is 8.51. The van der Waals surface area contributed by atoms with Gasteiger partial charge in [0.25, 0.3) is 0 Å². The Bertz CT molecular complexity index is 321. The number of rotatable bonds is 2. The molecule has 13 heavy (non-hydrogen) atoms. The smallest absolute Gasteiger partial charge is 0.150 e. The second-order valence-corrected chi connectivity index (χ2v) is 3.61. The van der Waals surface area contributed by atoms with Crippen LogP contribution in [0.2, 0.25) is 0 Å². The standard InChI is InChI=1S/C10H13FN2/c11-9-7(2-1-3-8(9)12)10(13)6-4-5-6/h1-3,6,10H,4-5,12-13H2/t10-/m0/s1. The number of nitrogens with two attached hydrogens (primary N) is 2. The molecular formula is C10H13FN2. The van der Waals surface area contributed by atoms with Crippen molar-refractivity contribution in [3.8, 4) is 0 Å². The zero-order valence-electron chi connectivity index (χ0n) is 7.33. The number of benzene rings is 1. The maximum absolute atomic E-state index is 13.4. The first-order valence-electron chi connectivity index (χ1n) is 4.49. The molecule has 1 aliphatic carbocycles. The Labute approximate surface area is 76.7 Å². The minimum absolute atomic E-state index is 0.177. The molecular weight excluding hydrogens is 167 g/mol. The summed E-state index contributed by atoms with van der Waals surface area (Å²) < 4.78 is 13.4. The summed E-state index contributed by atoms with van der Waals surface area (Å²) in [5, 5.41) is 0. The summed E-state index contributed by atoms with van der Waals surface area (Å²) >= 11 is 0. The lowest BCUT2D eigenvalue weighted by Gasteiger charge is -2.12. The summed E-state index contributed by atoms with van der Waals surface area (Å²) in [6, 6.07) is 4.84. The molecule has 0 unspecified atom stereocenters. The van der Waals surface area contributed by atoms with Gasteiger partial charge in [-0.25, -0.2) is 4.39 Å². The Hall–Kier alpha value is -1.09. The van der Waals surface area contributed by atoms with E-state index < -0.39 is 0 Å². The third kappa shape index (κ3) is 1.52. The van der Waals surface area contributed by atoms with E-state index in [0.717, 1.165) is 12.8 Å². The minimum atomic E-state index is -0.345. The Balaban J connectivity index is 2.32. The maximum Gasteiger partial charge on any atom is 0.150 e. The summed E-state index contributed by atoms with van der Waals surface area (Å²) in [5.41, 5.74) is 12.1. The molecule has 0 bridgehead atoms. The third-order valence-corrected chi connectivity index (χ3v) is 2.55. The van der Waals surface area contributed by atoms with Crippen LogP contribution in [0.25, 0.3) is 0 Å². The van der Waals surface area contributed by atoms with Gasteiger partial charge in [-0.05, 0) is 24.8 Å². The first-order valence-corrected chi connectivity index (χ1v) is 4.49. The molecule has 1 saturated carbocycles. The van der Waals surface area contributed by atoms with Gasteiger partial charge in [-0.2, -0.15) is 0 Å². The number of hydrogen-bond donors (Lipinski definition) is 2. The molecule has 0 spiro atoms. The van der Waals surface area contributed by atoms with Crippen molar-refractivity contribution in [3.63, 3.8) is 0 Å². The molecule has 0 radical (unpaired) electrons. The molecule has 0 aliphatic heterocycles. The SMILES string of the molecule is Nc1cccc([C@@H](N)C2CC2)c1F. The number of anilines is 1. The van der Waals surface area contributed by atoms with E-state index in [1.165, 1.54) is 0 Å². The van der Waals surface area contributed by atoms with Crippen molar-refractivity contribution in [2.75, 3.05) is 5.73 Å². The van der Waals surface area contributed by atoms with Crippen molar-refractivity contribution in [2.45, 2.75) is 18.9 Å². The van der Waals surface area contributed by atoms with Gasteiger partial charge in [-0.3, -0.25) is 0 Å². The summed E-state index contributed by atoms with van der Waals surface area (Å²) in [4.78, 5) is 0. The van der Waals surface area contributed by atoms with Gasteiger partial charge in [0.2, 0.25) is 0 Å². The first-order chi connectivity index (χ1) is 6.20. The highest BCUT2D eigenvalue weighted by atomic mass is 19.1. The molecule has 2 rings (SSSR count). The monoisotopic (exact) mass is 180 g/mol.